The Morgan fingerprint density at radius 2 is 1.61 bits per heavy atom. The first-order chi connectivity index (χ1) is 13.3. The van der Waals surface area contributed by atoms with Crippen molar-refractivity contribution in [3.05, 3.63) is 65.7 Å². The Morgan fingerprint density at radius 3 is 2.18 bits per heavy atom. The highest BCUT2D eigenvalue weighted by Gasteiger charge is 2.27. The molecule has 0 aromatic heterocycles. The Labute approximate surface area is 168 Å². The molecular formula is C22H31N2O3S+. The molecule has 1 atom stereocenters. The normalized spacial score (nSPS) is 17.4. The van der Waals surface area contributed by atoms with Crippen LogP contribution in [0.2, 0.25) is 0 Å². The minimum Gasteiger partial charge on any atom is -0.370 e. The van der Waals surface area contributed by atoms with Gasteiger partial charge in [-0.1, -0.05) is 63.2 Å². The number of hydrogen-bond acceptors (Lipinski definition) is 3. The summed E-state index contributed by atoms with van der Waals surface area (Å²) < 4.78 is 34.5. The van der Waals surface area contributed by atoms with Gasteiger partial charge in [0.05, 0.1) is 30.7 Å². The number of benzene rings is 2. The topological polar surface area (TPSA) is 59.8 Å². The summed E-state index contributed by atoms with van der Waals surface area (Å²) in [5, 5.41) is 0. The Morgan fingerprint density at radius 1 is 1.00 bits per heavy atom. The number of rotatable bonds is 6. The van der Waals surface area contributed by atoms with Crippen molar-refractivity contribution >= 4 is 10.0 Å². The molecule has 5 nitrogen and oxygen atoms in total. The van der Waals surface area contributed by atoms with Gasteiger partial charge in [0.2, 0.25) is 10.0 Å². The van der Waals surface area contributed by atoms with Crippen molar-refractivity contribution < 1.29 is 18.1 Å². The molecular weight excluding hydrogens is 372 g/mol. The summed E-state index contributed by atoms with van der Waals surface area (Å²) >= 11 is 0. The quantitative estimate of drug-likeness (QED) is 0.775. The summed E-state index contributed by atoms with van der Waals surface area (Å²) in [5.74, 6) is 0. The van der Waals surface area contributed by atoms with Crippen molar-refractivity contribution in [2.24, 2.45) is 0 Å². The minimum absolute atomic E-state index is 0.0119. The smallest absolute Gasteiger partial charge is 0.241 e. The zero-order valence-corrected chi connectivity index (χ0v) is 17.8. The van der Waals surface area contributed by atoms with Gasteiger partial charge in [-0.15, -0.1) is 0 Å². The molecule has 28 heavy (non-hydrogen) atoms. The molecule has 152 valence electrons. The van der Waals surface area contributed by atoms with Gasteiger partial charge in [-0.25, -0.2) is 8.42 Å². The highest BCUT2D eigenvalue weighted by atomic mass is 32.2. The molecule has 1 saturated heterocycles. The van der Waals surface area contributed by atoms with Crippen molar-refractivity contribution in [2.45, 2.75) is 37.1 Å². The number of sulfonamides is 1. The fourth-order valence-corrected chi connectivity index (χ4v) is 4.68. The van der Waals surface area contributed by atoms with Crippen LogP contribution in [0.1, 0.15) is 37.9 Å². The molecule has 0 radical (unpaired) electrons. The third-order valence-electron chi connectivity index (χ3n) is 5.22. The van der Waals surface area contributed by atoms with E-state index < -0.39 is 10.0 Å². The lowest BCUT2D eigenvalue weighted by Crippen LogP contribution is -3.14. The van der Waals surface area contributed by atoms with E-state index >= 15 is 0 Å². The average molecular weight is 404 g/mol. The molecule has 1 aliphatic heterocycles. The molecule has 2 aromatic rings. The molecule has 0 bridgehead atoms. The minimum atomic E-state index is -3.62. The predicted molar refractivity (Wildman–Crippen MR) is 111 cm³/mol. The van der Waals surface area contributed by atoms with Gasteiger partial charge in [0.1, 0.15) is 13.1 Å². The monoisotopic (exact) mass is 403 g/mol. The second-order valence-corrected chi connectivity index (χ2v) is 10.1. The summed E-state index contributed by atoms with van der Waals surface area (Å²) in [4.78, 5) is 1.66. The highest BCUT2D eigenvalue weighted by Crippen LogP contribution is 2.24. The number of nitrogens with one attached hydrogen (secondary N) is 2. The first-order valence-corrected chi connectivity index (χ1v) is 11.3. The van der Waals surface area contributed by atoms with Gasteiger partial charge in [-0.05, 0) is 28.7 Å². The lowest BCUT2D eigenvalue weighted by molar-refractivity contribution is -0.909. The standard InChI is InChI=1S/C22H30N2O3S/c1-22(2,3)19-9-11-20(12-10-19)28(25,26)23-21(18-7-5-4-6-8-18)17-24-13-15-27-16-14-24/h4-12,21,23H,13-17H2,1-3H3/p+1/t21-/m0/s1. The molecule has 1 aliphatic rings. The number of hydrogen-bond donors (Lipinski definition) is 2. The van der Waals surface area contributed by atoms with Crippen LogP contribution in [0.25, 0.3) is 0 Å². The summed E-state index contributed by atoms with van der Waals surface area (Å²) in [6.07, 6.45) is 0. The van der Waals surface area contributed by atoms with E-state index in [0.717, 1.165) is 37.4 Å². The van der Waals surface area contributed by atoms with Gasteiger partial charge < -0.3 is 9.64 Å². The molecule has 6 heteroatoms. The van der Waals surface area contributed by atoms with E-state index in [2.05, 4.69) is 25.5 Å². The van der Waals surface area contributed by atoms with Gasteiger partial charge in [0.15, 0.2) is 0 Å². The molecule has 2 N–H and O–H groups in total. The zero-order chi connectivity index (χ0) is 20.2. The van der Waals surface area contributed by atoms with Gasteiger partial charge >= 0.3 is 0 Å². The van der Waals surface area contributed by atoms with Crippen LogP contribution in [0.5, 0.6) is 0 Å². The number of morpholine rings is 1. The number of ether oxygens (including phenoxy) is 1. The van der Waals surface area contributed by atoms with Crippen molar-refractivity contribution in [2.75, 3.05) is 32.8 Å². The zero-order valence-electron chi connectivity index (χ0n) is 16.9. The van der Waals surface area contributed by atoms with Gasteiger partial charge in [0, 0.05) is 0 Å². The van der Waals surface area contributed by atoms with Crippen LogP contribution in [0.15, 0.2) is 59.5 Å². The van der Waals surface area contributed by atoms with Gasteiger partial charge in [0.25, 0.3) is 0 Å². The van der Waals surface area contributed by atoms with Crippen LogP contribution in [-0.4, -0.2) is 41.3 Å². The van der Waals surface area contributed by atoms with Crippen LogP contribution in [-0.2, 0) is 20.2 Å². The predicted octanol–water partition coefficient (Wildman–Crippen LogP) is 1.92. The Balaban J connectivity index is 1.82. The van der Waals surface area contributed by atoms with Crippen molar-refractivity contribution in [1.82, 2.24) is 4.72 Å². The fraction of sp³-hybridized carbons (Fsp3) is 0.455. The van der Waals surface area contributed by atoms with E-state index in [0.29, 0.717) is 11.4 Å². The van der Waals surface area contributed by atoms with E-state index in [1.54, 1.807) is 12.1 Å². The Bertz CT molecular complexity index is 853. The summed E-state index contributed by atoms with van der Waals surface area (Å²) in [5.41, 5.74) is 2.09. The number of quaternary nitrogens is 1. The summed E-state index contributed by atoms with van der Waals surface area (Å²) in [6.45, 7) is 10.3. The molecule has 3 rings (SSSR count). The van der Waals surface area contributed by atoms with Crippen LogP contribution in [0.3, 0.4) is 0 Å². The Kier molecular flexibility index (Phi) is 6.55. The molecule has 1 heterocycles. The van der Waals surface area contributed by atoms with E-state index in [-0.39, 0.29) is 11.5 Å². The van der Waals surface area contributed by atoms with Gasteiger partial charge in [-0.2, -0.15) is 4.72 Å². The van der Waals surface area contributed by atoms with E-state index in [1.165, 1.54) is 4.90 Å². The van der Waals surface area contributed by atoms with E-state index in [1.807, 2.05) is 42.5 Å². The van der Waals surface area contributed by atoms with Crippen molar-refractivity contribution in [3.8, 4) is 0 Å². The molecule has 1 fully saturated rings. The van der Waals surface area contributed by atoms with Crippen LogP contribution >= 0.6 is 0 Å². The second-order valence-electron chi connectivity index (χ2n) is 8.43. The lowest BCUT2D eigenvalue weighted by atomic mass is 9.87. The van der Waals surface area contributed by atoms with Crippen molar-refractivity contribution in [3.63, 3.8) is 0 Å². The fourth-order valence-electron chi connectivity index (χ4n) is 3.46. The molecule has 0 saturated carbocycles. The highest BCUT2D eigenvalue weighted by molar-refractivity contribution is 7.89. The van der Waals surface area contributed by atoms with Crippen molar-refractivity contribution in [1.29, 1.82) is 0 Å². The maximum absolute atomic E-state index is 13.1. The first kappa shape index (κ1) is 21.0. The molecule has 0 amide bonds. The summed E-state index contributed by atoms with van der Waals surface area (Å²) in [7, 11) is -3.62. The third-order valence-corrected chi connectivity index (χ3v) is 6.71. The van der Waals surface area contributed by atoms with Crippen LogP contribution < -0.4 is 9.62 Å². The molecule has 0 unspecified atom stereocenters. The molecule has 0 spiro atoms. The van der Waals surface area contributed by atoms with Crippen LogP contribution in [0, 0.1) is 0 Å². The maximum atomic E-state index is 13.1. The van der Waals surface area contributed by atoms with E-state index in [4.69, 9.17) is 4.74 Å². The largest absolute Gasteiger partial charge is 0.370 e. The first-order valence-electron chi connectivity index (χ1n) is 9.85. The summed E-state index contributed by atoms with van der Waals surface area (Å²) in [6, 6.07) is 16.7. The van der Waals surface area contributed by atoms with E-state index in [9.17, 15) is 8.42 Å². The average Bonchev–Trinajstić information content (AvgIpc) is 2.68. The van der Waals surface area contributed by atoms with Gasteiger partial charge in [-0.3, -0.25) is 0 Å². The Hall–Kier alpha value is -1.73. The molecule has 0 aliphatic carbocycles. The SMILES string of the molecule is CC(C)(C)c1ccc(S(=O)(=O)N[C@@H](C[NH+]2CCOCC2)c2ccccc2)cc1. The second kappa shape index (κ2) is 8.74. The van der Waals surface area contributed by atoms with Crippen LogP contribution in [0.4, 0.5) is 0 Å². The third kappa shape index (κ3) is 5.41. The molecule has 2 aromatic carbocycles. The lowest BCUT2D eigenvalue weighted by Gasteiger charge is -2.28. The maximum Gasteiger partial charge on any atom is 0.241 e.